The highest BCUT2D eigenvalue weighted by Gasteiger charge is 2.02. The fourth-order valence-corrected chi connectivity index (χ4v) is 1.12. The van der Waals surface area contributed by atoms with Crippen molar-refractivity contribution in [1.82, 2.24) is 0 Å². The van der Waals surface area contributed by atoms with E-state index in [1.807, 2.05) is 6.92 Å². The van der Waals surface area contributed by atoms with E-state index in [9.17, 15) is 4.79 Å². The lowest BCUT2D eigenvalue weighted by Crippen LogP contribution is -1.98. The molecule has 0 saturated carbocycles. The highest BCUT2D eigenvalue weighted by molar-refractivity contribution is 5.49. The molecule has 0 fully saturated rings. The molecule has 0 heterocycles. The van der Waals surface area contributed by atoms with Crippen molar-refractivity contribution in [3.63, 3.8) is 0 Å². The molecule has 0 rings (SSSR count). The van der Waals surface area contributed by atoms with Crippen LogP contribution in [0.3, 0.4) is 0 Å². The standard InChI is InChI=1S/C10H18O/c1-3-5-6-7-10(4-2)8-9-11/h3,5,9-10H,4,6-8H2,1-2H3/b5-3+. The second kappa shape index (κ2) is 7.52. The summed E-state index contributed by atoms with van der Waals surface area (Å²) in [6, 6.07) is 0. The van der Waals surface area contributed by atoms with E-state index in [0.29, 0.717) is 5.92 Å². The van der Waals surface area contributed by atoms with E-state index in [1.165, 1.54) is 0 Å². The first-order valence-corrected chi connectivity index (χ1v) is 4.39. The Kier molecular flexibility index (Phi) is 7.11. The summed E-state index contributed by atoms with van der Waals surface area (Å²) >= 11 is 0. The summed E-state index contributed by atoms with van der Waals surface area (Å²) in [4.78, 5) is 10.2. The lowest BCUT2D eigenvalue weighted by Gasteiger charge is -2.08. The molecule has 11 heavy (non-hydrogen) atoms. The van der Waals surface area contributed by atoms with Gasteiger partial charge in [-0.1, -0.05) is 25.5 Å². The molecule has 1 unspecified atom stereocenters. The maximum atomic E-state index is 10.2. The molecule has 0 aliphatic carbocycles. The van der Waals surface area contributed by atoms with Gasteiger partial charge in [-0.2, -0.15) is 0 Å². The van der Waals surface area contributed by atoms with E-state index in [0.717, 1.165) is 32.0 Å². The van der Waals surface area contributed by atoms with Crippen LogP contribution in [0.15, 0.2) is 12.2 Å². The fourth-order valence-electron chi connectivity index (χ4n) is 1.12. The third-order valence-electron chi connectivity index (χ3n) is 1.98. The highest BCUT2D eigenvalue weighted by atomic mass is 16.1. The Bertz CT molecular complexity index is 116. The first-order chi connectivity index (χ1) is 5.35. The zero-order chi connectivity index (χ0) is 8.53. The van der Waals surface area contributed by atoms with Crippen LogP contribution in [0.4, 0.5) is 0 Å². The van der Waals surface area contributed by atoms with Gasteiger partial charge in [-0.3, -0.25) is 0 Å². The molecule has 0 bridgehead atoms. The third kappa shape index (κ3) is 5.84. The van der Waals surface area contributed by atoms with Crippen LogP contribution in [0.2, 0.25) is 0 Å². The molecule has 0 saturated heterocycles. The quantitative estimate of drug-likeness (QED) is 0.424. The molecule has 1 heteroatoms. The van der Waals surface area contributed by atoms with Crippen LogP contribution < -0.4 is 0 Å². The lowest BCUT2D eigenvalue weighted by atomic mass is 9.97. The Hall–Kier alpha value is -0.590. The van der Waals surface area contributed by atoms with Crippen LogP contribution in [0, 0.1) is 5.92 Å². The Labute approximate surface area is 69.5 Å². The number of hydrogen-bond donors (Lipinski definition) is 0. The third-order valence-corrected chi connectivity index (χ3v) is 1.98. The Balaban J connectivity index is 3.42. The molecule has 0 aromatic carbocycles. The second-order valence-electron chi connectivity index (χ2n) is 2.82. The Morgan fingerprint density at radius 2 is 2.18 bits per heavy atom. The number of rotatable bonds is 6. The molecule has 0 spiro atoms. The molecule has 0 aliphatic heterocycles. The largest absolute Gasteiger partial charge is 0.303 e. The molecule has 0 radical (unpaired) electrons. The highest BCUT2D eigenvalue weighted by Crippen LogP contribution is 2.13. The first-order valence-electron chi connectivity index (χ1n) is 4.39. The monoisotopic (exact) mass is 154 g/mol. The lowest BCUT2D eigenvalue weighted by molar-refractivity contribution is -0.108. The Morgan fingerprint density at radius 1 is 1.45 bits per heavy atom. The van der Waals surface area contributed by atoms with Crippen molar-refractivity contribution in [2.24, 2.45) is 5.92 Å². The number of hydrogen-bond acceptors (Lipinski definition) is 1. The molecular weight excluding hydrogens is 136 g/mol. The van der Waals surface area contributed by atoms with Gasteiger partial charge in [0.2, 0.25) is 0 Å². The molecule has 0 aromatic rings. The summed E-state index contributed by atoms with van der Waals surface area (Å²) in [6.07, 6.45) is 9.37. The summed E-state index contributed by atoms with van der Waals surface area (Å²) < 4.78 is 0. The van der Waals surface area contributed by atoms with Gasteiger partial charge in [0.25, 0.3) is 0 Å². The zero-order valence-electron chi connectivity index (χ0n) is 7.55. The molecule has 64 valence electrons. The van der Waals surface area contributed by atoms with Crippen molar-refractivity contribution in [2.45, 2.75) is 39.5 Å². The maximum absolute atomic E-state index is 10.2. The van der Waals surface area contributed by atoms with Gasteiger partial charge >= 0.3 is 0 Å². The maximum Gasteiger partial charge on any atom is 0.120 e. The van der Waals surface area contributed by atoms with Gasteiger partial charge in [0, 0.05) is 6.42 Å². The number of carbonyl (C=O) groups excluding carboxylic acids is 1. The predicted molar refractivity (Wildman–Crippen MR) is 48.5 cm³/mol. The van der Waals surface area contributed by atoms with Gasteiger partial charge in [0.1, 0.15) is 6.29 Å². The van der Waals surface area contributed by atoms with Crippen LogP contribution in [-0.4, -0.2) is 6.29 Å². The molecule has 1 nitrogen and oxygen atoms in total. The van der Waals surface area contributed by atoms with Crippen LogP contribution in [0.5, 0.6) is 0 Å². The molecule has 0 aromatic heterocycles. The van der Waals surface area contributed by atoms with Gasteiger partial charge in [0.05, 0.1) is 0 Å². The zero-order valence-corrected chi connectivity index (χ0v) is 7.55. The molecule has 1 atom stereocenters. The minimum atomic E-state index is 0.601. The van der Waals surface area contributed by atoms with Crippen LogP contribution in [-0.2, 0) is 4.79 Å². The van der Waals surface area contributed by atoms with Gasteiger partial charge in [-0.15, -0.1) is 0 Å². The summed E-state index contributed by atoms with van der Waals surface area (Å²) in [5.41, 5.74) is 0. The molecule has 0 N–H and O–H groups in total. The van der Waals surface area contributed by atoms with E-state index < -0.39 is 0 Å². The van der Waals surface area contributed by atoms with Crippen molar-refractivity contribution >= 4 is 6.29 Å². The summed E-state index contributed by atoms with van der Waals surface area (Å²) in [6.45, 7) is 4.17. The molecule has 0 amide bonds. The minimum Gasteiger partial charge on any atom is -0.303 e. The minimum absolute atomic E-state index is 0.601. The van der Waals surface area contributed by atoms with E-state index in [-0.39, 0.29) is 0 Å². The average molecular weight is 154 g/mol. The van der Waals surface area contributed by atoms with E-state index in [4.69, 9.17) is 0 Å². The van der Waals surface area contributed by atoms with Crippen molar-refractivity contribution in [2.75, 3.05) is 0 Å². The first kappa shape index (κ1) is 10.4. The average Bonchev–Trinajstić information content (AvgIpc) is 2.03. The SMILES string of the molecule is C/C=C/CCC(CC)CC=O. The predicted octanol–water partition coefficient (Wildman–Crippen LogP) is 2.96. The smallest absolute Gasteiger partial charge is 0.120 e. The van der Waals surface area contributed by atoms with Crippen LogP contribution in [0.1, 0.15) is 39.5 Å². The molecule has 0 aliphatic rings. The van der Waals surface area contributed by atoms with Crippen molar-refractivity contribution in [3.05, 3.63) is 12.2 Å². The van der Waals surface area contributed by atoms with Crippen LogP contribution in [0.25, 0.3) is 0 Å². The Morgan fingerprint density at radius 3 is 2.64 bits per heavy atom. The molecular formula is C10H18O. The van der Waals surface area contributed by atoms with Crippen molar-refractivity contribution < 1.29 is 4.79 Å². The fraction of sp³-hybridized carbons (Fsp3) is 0.700. The number of carbonyl (C=O) groups is 1. The van der Waals surface area contributed by atoms with Gasteiger partial charge in [-0.25, -0.2) is 0 Å². The summed E-state index contributed by atoms with van der Waals surface area (Å²) in [7, 11) is 0. The van der Waals surface area contributed by atoms with E-state index in [2.05, 4.69) is 19.1 Å². The number of aldehydes is 1. The van der Waals surface area contributed by atoms with E-state index >= 15 is 0 Å². The summed E-state index contributed by atoms with van der Waals surface area (Å²) in [5.74, 6) is 0.601. The van der Waals surface area contributed by atoms with Crippen LogP contribution >= 0.6 is 0 Å². The number of allylic oxidation sites excluding steroid dienone is 2. The summed E-state index contributed by atoms with van der Waals surface area (Å²) in [5, 5.41) is 0. The van der Waals surface area contributed by atoms with Gasteiger partial charge in [-0.05, 0) is 25.7 Å². The van der Waals surface area contributed by atoms with Crippen molar-refractivity contribution in [3.8, 4) is 0 Å². The van der Waals surface area contributed by atoms with Gasteiger partial charge in [0.15, 0.2) is 0 Å². The normalized spacial score (nSPS) is 13.6. The van der Waals surface area contributed by atoms with Crippen molar-refractivity contribution in [1.29, 1.82) is 0 Å². The van der Waals surface area contributed by atoms with Gasteiger partial charge < -0.3 is 4.79 Å². The topological polar surface area (TPSA) is 17.1 Å². The second-order valence-corrected chi connectivity index (χ2v) is 2.82. The van der Waals surface area contributed by atoms with E-state index in [1.54, 1.807) is 0 Å².